The van der Waals surface area contributed by atoms with Gasteiger partial charge in [-0.2, -0.15) is 11.8 Å². The van der Waals surface area contributed by atoms with Crippen molar-refractivity contribution in [1.29, 1.82) is 0 Å². The molecule has 0 amide bonds. The van der Waals surface area contributed by atoms with Gasteiger partial charge in [-0.15, -0.1) is 0 Å². The van der Waals surface area contributed by atoms with Crippen molar-refractivity contribution in [3.05, 3.63) is 33.8 Å². The van der Waals surface area contributed by atoms with Crippen LogP contribution < -0.4 is 5.32 Å². The summed E-state index contributed by atoms with van der Waals surface area (Å²) >= 11 is 14.1. The molecule has 0 unspecified atom stereocenters. The normalized spacial score (nSPS) is 24.2. The van der Waals surface area contributed by atoms with E-state index in [1.807, 2.05) is 30.0 Å². The van der Waals surface area contributed by atoms with Crippen LogP contribution in [0.3, 0.4) is 0 Å². The van der Waals surface area contributed by atoms with Crippen LogP contribution >= 0.6 is 35.0 Å². The summed E-state index contributed by atoms with van der Waals surface area (Å²) in [6.07, 6.45) is 7.42. The topological polar surface area (TPSA) is 12.0 Å². The highest BCUT2D eigenvalue weighted by atomic mass is 35.5. The predicted molar refractivity (Wildman–Crippen MR) is 82.9 cm³/mol. The number of hydrogen-bond donors (Lipinski definition) is 1. The Kier molecular flexibility index (Phi) is 5.68. The fourth-order valence-corrected chi connectivity index (χ4v) is 3.64. The first-order valence-corrected chi connectivity index (χ1v) is 8.43. The van der Waals surface area contributed by atoms with Crippen LogP contribution in [0.25, 0.3) is 0 Å². The smallest absolute Gasteiger partial charge is 0.0465 e. The molecule has 0 bridgehead atoms. The summed E-state index contributed by atoms with van der Waals surface area (Å²) in [4.78, 5) is 0. The van der Waals surface area contributed by atoms with E-state index in [1.54, 1.807) is 0 Å². The molecule has 0 aliphatic heterocycles. The molecule has 1 nitrogen and oxygen atoms in total. The van der Waals surface area contributed by atoms with E-state index in [-0.39, 0.29) is 0 Å². The van der Waals surface area contributed by atoms with Gasteiger partial charge in [0.05, 0.1) is 0 Å². The molecule has 2 rings (SSSR count). The van der Waals surface area contributed by atoms with E-state index in [0.29, 0.717) is 11.1 Å². The van der Waals surface area contributed by atoms with Crippen LogP contribution in [0.5, 0.6) is 0 Å². The van der Waals surface area contributed by atoms with Gasteiger partial charge in [-0.1, -0.05) is 29.3 Å². The monoisotopic (exact) mass is 303 g/mol. The molecule has 18 heavy (non-hydrogen) atoms. The van der Waals surface area contributed by atoms with Gasteiger partial charge in [0, 0.05) is 27.9 Å². The lowest BCUT2D eigenvalue weighted by atomic mass is 9.95. The number of halogens is 2. The molecule has 1 aliphatic carbocycles. The van der Waals surface area contributed by atoms with Crippen LogP contribution in [0, 0.1) is 0 Å². The fraction of sp³-hybridized carbons (Fsp3) is 0.571. The summed E-state index contributed by atoms with van der Waals surface area (Å²) in [6, 6.07) is 6.35. The van der Waals surface area contributed by atoms with E-state index in [1.165, 1.54) is 25.7 Å². The number of thioether (sulfide) groups is 1. The molecular formula is C14H19Cl2NS. The van der Waals surface area contributed by atoms with Gasteiger partial charge in [-0.05, 0) is 49.6 Å². The zero-order chi connectivity index (χ0) is 13.0. The molecule has 1 aromatic carbocycles. The van der Waals surface area contributed by atoms with Gasteiger partial charge in [-0.3, -0.25) is 0 Å². The summed E-state index contributed by atoms with van der Waals surface area (Å²) in [7, 11) is 0. The lowest BCUT2D eigenvalue weighted by Crippen LogP contribution is -2.33. The minimum absolute atomic E-state index is 0.639. The van der Waals surface area contributed by atoms with E-state index in [4.69, 9.17) is 23.2 Å². The molecule has 1 fully saturated rings. The average molecular weight is 304 g/mol. The predicted octanol–water partition coefficient (Wildman–Crippen LogP) is 4.76. The minimum atomic E-state index is 0.639. The number of rotatable bonds is 4. The van der Waals surface area contributed by atoms with Crippen molar-refractivity contribution in [2.75, 3.05) is 6.26 Å². The van der Waals surface area contributed by atoms with Crippen LogP contribution in [0.1, 0.15) is 31.2 Å². The maximum absolute atomic E-state index is 6.17. The molecule has 0 spiro atoms. The maximum Gasteiger partial charge on any atom is 0.0465 e. The largest absolute Gasteiger partial charge is 0.310 e. The molecule has 0 radical (unpaired) electrons. The molecule has 1 N–H and O–H groups in total. The Morgan fingerprint density at radius 3 is 2.56 bits per heavy atom. The highest BCUT2D eigenvalue weighted by molar-refractivity contribution is 7.99. The Bertz CT molecular complexity index is 389. The summed E-state index contributed by atoms with van der Waals surface area (Å²) in [5.41, 5.74) is 1.13. The Morgan fingerprint density at radius 1 is 1.22 bits per heavy atom. The van der Waals surface area contributed by atoms with Crippen molar-refractivity contribution in [3.8, 4) is 0 Å². The molecule has 1 aliphatic rings. The van der Waals surface area contributed by atoms with E-state index in [2.05, 4.69) is 11.6 Å². The third kappa shape index (κ3) is 4.06. The van der Waals surface area contributed by atoms with E-state index >= 15 is 0 Å². The fourth-order valence-electron chi connectivity index (χ4n) is 2.42. The van der Waals surface area contributed by atoms with Crippen molar-refractivity contribution in [2.45, 2.75) is 43.5 Å². The van der Waals surface area contributed by atoms with Crippen LogP contribution in [0.2, 0.25) is 10.0 Å². The van der Waals surface area contributed by atoms with Crippen LogP contribution in [-0.4, -0.2) is 17.5 Å². The van der Waals surface area contributed by atoms with Gasteiger partial charge in [0.1, 0.15) is 0 Å². The second-order valence-corrected chi connectivity index (χ2v) is 6.81. The molecule has 0 atom stereocenters. The van der Waals surface area contributed by atoms with Crippen molar-refractivity contribution in [3.63, 3.8) is 0 Å². The zero-order valence-electron chi connectivity index (χ0n) is 10.6. The van der Waals surface area contributed by atoms with E-state index in [9.17, 15) is 0 Å². The van der Waals surface area contributed by atoms with Gasteiger partial charge in [0.15, 0.2) is 0 Å². The molecule has 0 heterocycles. The van der Waals surface area contributed by atoms with Crippen molar-refractivity contribution < 1.29 is 0 Å². The highest BCUT2D eigenvalue weighted by Gasteiger charge is 2.19. The summed E-state index contributed by atoms with van der Waals surface area (Å²) < 4.78 is 0. The van der Waals surface area contributed by atoms with Crippen molar-refractivity contribution in [2.24, 2.45) is 0 Å². The zero-order valence-corrected chi connectivity index (χ0v) is 12.9. The van der Waals surface area contributed by atoms with Crippen LogP contribution in [0.15, 0.2) is 18.2 Å². The molecule has 1 aromatic rings. The first kappa shape index (κ1) is 14.5. The Hall–Kier alpha value is 0.110. The molecule has 0 aromatic heterocycles. The minimum Gasteiger partial charge on any atom is -0.310 e. The lowest BCUT2D eigenvalue weighted by molar-refractivity contribution is 0.379. The third-order valence-electron chi connectivity index (χ3n) is 3.60. The van der Waals surface area contributed by atoms with E-state index in [0.717, 1.165) is 22.4 Å². The summed E-state index contributed by atoms with van der Waals surface area (Å²) in [5, 5.41) is 5.92. The van der Waals surface area contributed by atoms with Crippen molar-refractivity contribution >= 4 is 35.0 Å². The van der Waals surface area contributed by atoms with Gasteiger partial charge in [0.2, 0.25) is 0 Å². The Morgan fingerprint density at radius 2 is 1.94 bits per heavy atom. The quantitative estimate of drug-likeness (QED) is 0.861. The van der Waals surface area contributed by atoms with Gasteiger partial charge in [0.25, 0.3) is 0 Å². The second-order valence-electron chi connectivity index (χ2n) is 4.83. The molecule has 4 heteroatoms. The number of nitrogens with one attached hydrogen (secondary N) is 1. The third-order valence-corrected chi connectivity index (χ3v) is 5.33. The maximum atomic E-state index is 6.17. The lowest BCUT2D eigenvalue weighted by Gasteiger charge is -2.28. The van der Waals surface area contributed by atoms with E-state index < -0.39 is 0 Å². The standard InChI is InChI=1S/C14H19Cl2NS/c1-18-13-6-4-12(5-7-13)17-9-10-2-3-11(15)8-14(10)16/h2-3,8,12-13,17H,4-7,9H2,1H3. The Labute approximate surface area is 124 Å². The Balaban J connectivity index is 1.81. The second kappa shape index (κ2) is 7.04. The first-order chi connectivity index (χ1) is 8.69. The molecular weight excluding hydrogens is 285 g/mol. The van der Waals surface area contributed by atoms with Crippen molar-refractivity contribution in [1.82, 2.24) is 5.32 Å². The molecule has 100 valence electrons. The van der Waals surface area contributed by atoms with Gasteiger partial charge >= 0.3 is 0 Å². The molecule has 0 saturated heterocycles. The highest BCUT2D eigenvalue weighted by Crippen LogP contribution is 2.27. The summed E-state index contributed by atoms with van der Waals surface area (Å²) in [5.74, 6) is 0. The number of hydrogen-bond acceptors (Lipinski definition) is 2. The SMILES string of the molecule is CSC1CCC(NCc2ccc(Cl)cc2Cl)CC1. The van der Waals surface area contributed by atoms with Gasteiger partial charge in [-0.25, -0.2) is 0 Å². The average Bonchev–Trinajstić information content (AvgIpc) is 2.38. The van der Waals surface area contributed by atoms with Crippen LogP contribution in [-0.2, 0) is 6.54 Å². The molecule has 1 saturated carbocycles. The summed E-state index contributed by atoms with van der Waals surface area (Å²) in [6.45, 7) is 0.838. The number of benzene rings is 1. The van der Waals surface area contributed by atoms with Crippen LogP contribution in [0.4, 0.5) is 0 Å². The first-order valence-electron chi connectivity index (χ1n) is 6.39. The van der Waals surface area contributed by atoms with Gasteiger partial charge < -0.3 is 5.32 Å².